The van der Waals surface area contributed by atoms with Gasteiger partial charge in [-0.2, -0.15) is 0 Å². The van der Waals surface area contributed by atoms with Gasteiger partial charge in [0.15, 0.2) is 0 Å². The van der Waals surface area contributed by atoms with Crippen LogP contribution in [0.3, 0.4) is 0 Å². The van der Waals surface area contributed by atoms with Gasteiger partial charge in [0.05, 0.1) is 0 Å². The van der Waals surface area contributed by atoms with E-state index in [4.69, 9.17) is 0 Å². The van der Waals surface area contributed by atoms with Gasteiger partial charge in [-0.05, 0) is 189 Å². The Morgan fingerprint density at radius 1 is 0.122 bits per heavy atom. The van der Waals surface area contributed by atoms with E-state index in [0.717, 1.165) is 0 Å². The predicted molar refractivity (Wildman–Crippen MR) is 349 cm³/mol. The molecule has 0 N–H and O–H groups in total. The van der Waals surface area contributed by atoms with E-state index < -0.39 is 0 Å². The minimum Gasteiger partial charge on any atom is -0.0622 e. The summed E-state index contributed by atoms with van der Waals surface area (Å²) in [6.45, 7) is 0. The molecule has 378 valence electrons. The molecule has 0 bridgehead atoms. The topological polar surface area (TPSA) is 0 Å². The molecule has 0 unspecified atom stereocenters. The summed E-state index contributed by atoms with van der Waals surface area (Å²) in [5, 5.41) is 10.1. The van der Waals surface area contributed by atoms with Crippen LogP contribution in [0.1, 0.15) is 0 Å². The van der Waals surface area contributed by atoms with Crippen LogP contribution in [0, 0.1) is 0 Å². The van der Waals surface area contributed by atoms with Crippen molar-refractivity contribution in [2.45, 2.75) is 0 Å². The lowest BCUT2D eigenvalue weighted by molar-refractivity contribution is 1.57. The Morgan fingerprint density at radius 3 is 0.695 bits per heavy atom. The molecule has 2 aliphatic rings. The fourth-order valence-electron chi connectivity index (χ4n) is 14.4. The van der Waals surface area contributed by atoms with E-state index in [2.05, 4.69) is 303 Å². The molecule has 0 heteroatoms. The normalized spacial score (nSPS) is 11.9. The van der Waals surface area contributed by atoms with Crippen molar-refractivity contribution in [1.29, 1.82) is 0 Å². The third-order valence-electron chi connectivity index (χ3n) is 17.8. The number of benzene rings is 15. The lowest BCUT2D eigenvalue weighted by Crippen LogP contribution is -1.98. The van der Waals surface area contributed by atoms with Crippen LogP contribution in [0.5, 0.6) is 0 Å². The van der Waals surface area contributed by atoms with Crippen LogP contribution in [-0.4, -0.2) is 0 Å². The highest BCUT2D eigenvalue weighted by Gasteiger charge is 2.36. The van der Waals surface area contributed by atoms with Crippen molar-refractivity contribution in [3.63, 3.8) is 0 Å². The maximum absolute atomic E-state index is 2.60. The SMILES string of the molecule is c1ccc(-c2cccc(-c3ccccc3)c2-c2c3ccccc3c(-c3c(-c4ccccc4)cccc3-c3ccccc3)c3cc4c(cc23)-c2ccc3c5c(ccc-4c25)-c2c-3c(-c3ccccc3)c3ccccc3c2-c2ccccc2)cc1. The molecule has 0 radical (unpaired) electrons. The van der Waals surface area contributed by atoms with Crippen molar-refractivity contribution in [3.05, 3.63) is 303 Å². The Kier molecular flexibility index (Phi) is 10.4. The average Bonchev–Trinajstić information content (AvgIpc) is 1.90. The molecule has 15 aromatic carbocycles. The first-order valence-electron chi connectivity index (χ1n) is 28.6. The average molecular weight is 1040 g/mol. The highest BCUT2D eigenvalue weighted by atomic mass is 14.4. The first-order chi connectivity index (χ1) is 40.8. The van der Waals surface area contributed by atoms with Crippen molar-refractivity contribution in [1.82, 2.24) is 0 Å². The molecule has 0 fully saturated rings. The number of fused-ring (bicyclic) bond motifs is 9. The van der Waals surface area contributed by atoms with E-state index in [9.17, 15) is 0 Å². The number of hydrogen-bond acceptors (Lipinski definition) is 0. The van der Waals surface area contributed by atoms with E-state index in [0.29, 0.717) is 0 Å². The zero-order valence-electron chi connectivity index (χ0n) is 44.9. The van der Waals surface area contributed by atoms with E-state index in [1.165, 1.54) is 177 Å². The second kappa shape index (κ2) is 18.5. The van der Waals surface area contributed by atoms with Crippen molar-refractivity contribution >= 4 is 43.1 Å². The van der Waals surface area contributed by atoms with Crippen LogP contribution in [-0.2, 0) is 0 Å². The van der Waals surface area contributed by atoms with Gasteiger partial charge >= 0.3 is 0 Å². The fraction of sp³-hybridized carbons (Fsp3) is 0. The number of rotatable bonds is 8. The minimum absolute atomic E-state index is 1.19. The Morgan fingerprint density at radius 2 is 0.378 bits per heavy atom. The van der Waals surface area contributed by atoms with Crippen LogP contribution < -0.4 is 0 Å². The summed E-state index contributed by atoms with van der Waals surface area (Å²) in [4.78, 5) is 0. The monoisotopic (exact) mass is 1030 g/mol. The third kappa shape index (κ3) is 6.86. The third-order valence-corrected chi connectivity index (χ3v) is 17.8. The highest BCUT2D eigenvalue weighted by Crippen LogP contribution is 2.63. The Hall–Kier alpha value is -10.7. The van der Waals surface area contributed by atoms with Gasteiger partial charge < -0.3 is 0 Å². The van der Waals surface area contributed by atoms with Gasteiger partial charge in [0, 0.05) is 0 Å². The van der Waals surface area contributed by atoms with Gasteiger partial charge in [0.2, 0.25) is 0 Å². The van der Waals surface area contributed by atoms with E-state index >= 15 is 0 Å². The van der Waals surface area contributed by atoms with Gasteiger partial charge in [-0.1, -0.05) is 291 Å². The molecule has 0 nitrogen and oxygen atoms in total. The second-order valence-corrected chi connectivity index (χ2v) is 22.0. The van der Waals surface area contributed by atoms with Crippen LogP contribution in [0.4, 0.5) is 0 Å². The predicted octanol–water partition coefficient (Wildman–Crippen LogP) is 22.9. The first kappa shape index (κ1) is 46.3. The molecule has 0 spiro atoms. The van der Waals surface area contributed by atoms with Crippen LogP contribution in [0.15, 0.2) is 303 Å². The standard InChI is InChI=1S/C82H50/c1-7-25-51(26-8-1)57-41-23-42-58(52-27-9-2-10-28-52)75(57)78-63-39-21-22-40-64(63)79(76-59(53-29-11-3-12-30-53)43-24-44-60(76)54-31-13-4-14-32-54)72-50-70-66-46-48-68-80-67(47-45-65(77(66)80)69(70)49-71(72)78)81-73(55-33-15-5-16-34-55)61-37-19-20-38-62(61)74(82(68)81)56-35-17-6-18-36-56/h1-50H. The van der Waals surface area contributed by atoms with Crippen molar-refractivity contribution in [2.75, 3.05) is 0 Å². The summed E-state index contributed by atoms with van der Waals surface area (Å²) in [5.74, 6) is 0. The fourth-order valence-corrected chi connectivity index (χ4v) is 14.4. The largest absolute Gasteiger partial charge is 0.0622 e. The number of hydrogen-bond donors (Lipinski definition) is 0. The van der Waals surface area contributed by atoms with E-state index in [1.807, 2.05) is 0 Å². The van der Waals surface area contributed by atoms with Crippen LogP contribution >= 0.6 is 0 Å². The van der Waals surface area contributed by atoms with Gasteiger partial charge in [-0.15, -0.1) is 0 Å². The van der Waals surface area contributed by atoms with Gasteiger partial charge in [-0.25, -0.2) is 0 Å². The highest BCUT2D eigenvalue weighted by molar-refractivity contribution is 6.34. The molecule has 0 amide bonds. The first-order valence-corrected chi connectivity index (χ1v) is 28.6. The lowest BCUT2D eigenvalue weighted by Gasteiger charge is -2.25. The molecule has 82 heavy (non-hydrogen) atoms. The van der Waals surface area contributed by atoms with Crippen molar-refractivity contribution < 1.29 is 0 Å². The molecule has 0 saturated heterocycles. The molecule has 2 aliphatic carbocycles. The van der Waals surface area contributed by atoms with Crippen LogP contribution in [0.25, 0.3) is 177 Å². The Bertz CT molecular complexity index is 4650. The van der Waals surface area contributed by atoms with Gasteiger partial charge in [-0.3, -0.25) is 0 Å². The Balaban J connectivity index is 1.04. The van der Waals surface area contributed by atoms with E-state index in [-0.39, 0.29) is 0 Å². The zero-order chi connectivity index (χ0) is 53.8. The van der Waals surface area contributed by atoms with Gasteiger partial charge in [0.25, 0.3) is 0 Å². The summed E-state index contributed by atoms with van der Waals surface area (Å²) in [6, 6.07) is 113. The quantitative estimate of drug-likeness (QED) is 0.133. The lowest BCUT2D eigenvalue weighted by atomic mass is 9.78. The molecule has 0 saturated carbocycles. The molecule has 17 rings (SSSR count). The van der Waals surface area contributed by atoms with Crippen LogP contribution in [0.2, 0.25) is 0 Å². The smallest absolute Gasteiger partial charge is 0.000740 e. The second-order valence-electron chi connectivity index (χ2n) is 22.0. The Labute approximate surface area is 477 Å². The molecule has 15 aromatic rings. The molecular weight excluding hydrogens is 985 g/mol. The van der Waals surface area contributed by atoms with Crippen molar-refractivity contribution in [3.8, 4) is 134 Å². The maximum atomic E-state index is 2.60. The molecule has 0 aromatic heterocycles. The maximum Gasteiger partial charge on any atom is -0.000740 e. The molecular formula is C82H50. The zero-order valence-corrected chi connectivity index (χ0v) is 44.9. The summed E-state index contributed by atoms with van der Waals surface area (Å²) < 4.78 is 0. The van der Waals surface area contributed by atoms with E-state index in [1.54, 1.807) is 0 Å². The molecule has 0 heterocycles. The summed E-state index contributed by atoms with van der Waals surface area (Å²) in [7, 11) is 0. The summed E-state index contributed by atoms with van der Waals surface area (Å²) in [5.41, 5.74) is 29.8. The van der Waals surface area contributed by atoms with Gasteiger partial charge in [0.1, 0.15) is 0 Å². The summed E-state index contributed by atoms with van der Waals surface area (Å²) >= 11 is 0. The minimum atomic E-state index is 1.19. The summed E-state index contributed by atoms with van der Waals surface area (Å²) in [6.07, 6.45) is 0. The molecule has 0 atom stereocenters. The van der Waals surface area contributed by atoms with Crippen molar-refractivity contribution in [2.24, 2.45) is 0 Å². The molecule has 0 aliphatic heterocycles.